The van der Waals surface area contributed by atoms with E-state index < -0.39 is 0 Å². The molecule has 4 heteroatoms. The van der Waals surface area contributed by atoms with Gasteiger partial charge in [0.05, 0.1) is 0 Å². The molecule has 1 aromatic rings. The van der Waals surface area contributed by atoms with Crippen molar-refractivity contribution >= 4 is 17.4 Å². The lowest BCUT2D eigenvalue weighted by molar-refractivity contribution is 0.566. The smallest absolute Gasteiger partial charge is 0.137 e. The molecule has 0 aliphatic carbocycles. The van der Waals surface area contributed by atoms with Crippen molar-refractivity contribution in [3.05, 3.63) is 16.5 Å². The van der Waals surface area contributed by atoms with E-state index in [0.717, 1.165) is 36.1 Å². The monoisotopic (exact) mass is 269 g/mol. The third kappa shape index (κ3) is 4.45. The molecule has 0 saturated carbocycles. The number of hydrogen-bond acceptors (Lipinski definition) is 3. The first kappa shape index (κ1) is 15.2. The van der Waals surface area contributed by atoms with E-state index in [2.05, 4.69) is 43.0 Å². The molecule has 0 aliphatic rings. The van der Waals surface area contributed by atoms with E-state index in [1.54, 1.807) is 0 Å². The molecule has 0 spiro atoms. The Morgan fingerprint density at radius 2 is 1.83 bits per heavy atom. The van der Waals surface area contributed by atoms with Crippen molar-refractivity contribution in [1.82, 2.24) is 9.97 Å². The van der Waals surface area contributed by atoms with Crippen LogP contribution in [0.25, 0.3) is 0 Å². The number of aromatic nitrogens is 2. The third-order valence-electron chi connectivity index (χ3n) is 2.87. The van der Waals surface area contributed by atoms with Gasteiger partial charge in [0.25, 0.3) is 0 Å². The van der Waals surface area contributed by atoms with Crippen LogP contribution in [0.5, 0.6) is 0 Å². The van der Waals surface area contributed by atoms with Crippen LogP contribution in [-0.4, -0.2) is 16.5 Å². The van der Waals surface area contributed by atoms with E-state index in [4.69, 9.17) is 11.6 Å². The summed E-state index contributed by atoms with van der Waals surface area (Å²) < 4.78 is 0. The summed E-state index contributed by atoms with van der Waals surface area (Å²) in [6.45, 7) is 11.5. The van der Waals surface area contributed by atoms with Crippen LogP contribution in [0.15, 0.2) is 0 Å². The van der Waals surface area contributed by atoms with Gasteiger partial charge in [0.15, 0.2) is 0 Å². The first-order valence-electron chi connectivity index (χ1n) is 6.69. The van der Waals surface area contributed by atoms with Crippen LogP contribution in [0.3, 0.4) is 0 Å². The van der Waals surface area contributed by atoms with E-state index in [0.29, 0.717) is 11.1 Å². The van der Waals surface area contributed by atoms with Crippen molar-refractivity contribution in [2.24, 2.45) is 5.92 Å². The van der Waals surface area contributed by atoms with Crippen molar-refractivity contribution in [3.8, 4) is 0 Å². The predicted molar refractivity (Wildman–Crippen MR) is 78.4 cm³/mol. The minimum absolute atomic E-state index is 0.291. The Labute approximate surface area is 115 Å². The molecule has 0 atom stereocenters. The molecule has 3 nitrogen and oxygen atoms in total. The van der Waals surface area contributed by atoms with Crippen LogP contribution in [0.1, 0.15) is 57.8 Å². The Bertz CT molecular complexity index is 389. The molecule has 1 aromatic heterocycles. The highest BCUT2D eigenvalue weighted by atomic mass is 35.5. The van der Waals surface area contributed by atoms with Gasteiger partial charge in [0, 0.05) is 18.0 Å². The molecule has 0 unspecified atom stereocenters. The maximum absolute atomic E-state index is 6.14. The minimum Gasteiger partial charge on any atom is -0.370 e. The second-order valence-electron chi connectivity index (χ2n) is 5.46. The maximum atomic E-state index is 6.14. The van der Waals surface area contributed by atoms with E-state index in [-0.39, 0.29) is 0 Å². The Kier molecular flexibility index (Phi) is 5.86. The summed E-state index contributed by atoms with van der Waals surface area (Å²) in [5.74, 6) is 2.71. The molecule has 1 N–H and O–H groups in total. The summed E-state index contributed by atoms with van der Waals surface area (Å²) in [6.07, 6.45) is 2.37. The van der Waals surface area contributed by atoms with Crippen LogP contribution in [0.4, 0.5) is 5.82 Å². The zero-order chi connectivity index (χ0) is 13.7. The zero-order valence-electron chi connectivity index (χ0n) is 12.0. The molecule has 0 amide bonds. The average Bonchev–Trinajstić information content (AvgIpc) is 2.28. The molecular formula is C14H24ClN3. The molecule has 1 heterocycles. The van der Waals surface area contributed by atoms with E-state index in [1.807, 2.05) is 6.92 Å². The molecular weight excluding hydrogens is 246 g/mol. The largest absolute Gasteiger partial charge is 0.370 e. The lowest BCUT2D eigenvalue weighted by Crippen LogP contribution is -2.10. The van der Waals surface area contributed by atoms with Crippen molar-refractivity contribution in [2.45, 2.75) is 53.4 Å². The van der Waals surface area contributed by atoms with Gasteiger partial charge in [-0.2, -0.15) is 0 Å². The fourth-order valence-corrected chi connectivity index (χ4v) is 1.83. The number of halogens is 1. The highest BCUT2D eigenvalue weighted by Gasteiger charge is 2.11. The summed E-state index contributed by atoms with van der Waals surface area (Å²) in [4.78, 5) is 8.85. The summed E-state index contributed by atoms with van der Waals surface area (Å²) in [5.41, 5.74) is 0.936. The Balaban J connectivity index is 2.69. The normalized spacial score (nSPS) is 11.3. The average molecular weight is 270 g/mol. The molecule has 0 aromatic carbocycles. The van der Waals surface area contributed by atoms with E-state index >= 15 is 0 Å². The van der Waals surface area contributed by atoms with Crippen LogP contribution in [-0.2, 0) is 0 Å². The summed E-state index contributed by atoms with van der Waals surface area (Å²) >= 11 is 6.14. The van der Waals surface area contributed by atoms with Gasteiger partial charge in [-0.05, 0) is 25.7 Å². The molecule has 0 aliphatic heterocycles. The van der Waals surface area contributed by atoms with Crippen molar-refractivity contribution in [1.29, 1.82) is 0 Å². The van der Waals surface area contributed by atoms with Crippen molar-refractivity contribution in [2.75, 3.05) is 11.9 Å². The second-order valence-corrected chi connectivity index (χ2v) is 5.82. The van der Waals surface area contributed by atoms with Crippen LogP contribution < -0.4 is 5.32 Å². The number of hydrogen-bond donors (Lipinski definition) is 1. The number of anilines is 1. The fourth-order valence-electron chi connectivity index (χ4n) is 1.65. The van der Waals surface area contributed by atoms with Crippen molar-refractivity contribution in [3.63, 3.8) is 0 Å². The highest BCUT2D eigenvalue weighted by molar-refractivity contribution is 6.30. The SMILES string of the molecule is Cc1c(Cl)nc(C(C)C)nc1NCCCC(C)C. The molecule has 18 heavy (non-hydrogen) atoms. The van der Waals surface area contributed by atoms with Gasteiger partial charge in [-0.3, -0.25) is 0 Å². The standard InChI is InChI=1S/C14H24ClN3/c1-9(2)7-6-8-16-14-11(5)12(15)17-13(18-14)10(3)4/h9-10H,6-8H2,1-5H3,(H,16,17,18). The molecule has 0 bridgehead atoms. The third-order valence-corrected chi connectivity index (χ3v) is 3.24. The summed E-state index contributed by atoms with van der Waals surface area (Å²) in [5, 5.41) is 3.92. The Morgan fingerprint density at radius 1 is 1.17 bits per heavy atom. The Morgan fingerprint density at radius 3 is 2.39 bits per heavy atom. The zero-order valence-corrected chi connectivity index (χ0v) is 12.8. The van der Waals surface area contributed by atoms with Crippen LogP contribution >= 0.6 is 11.6 Å². The van der Waals surface area contributed by atoms with Crippen molar-refractivity contribution < 1.29 is 0 Å². The number of rotatable bonds is 6. The van der Waals surface area contributed by atoms with Gasteiger partial charge in [-0.15, -0.1) is 0 Å². The predicted octanol–water partition coefficient (Wildman–Crippen LogP) is 4.41. The lowest BCUT2D eigenvalue weighted by Gasteiger charge is -2.13. The molecule has 102 valence electrons. The minimum atomic E-state index is 0.291. The Hall–Kier alpha value is -0.830. The first-order valence-corrected chi connectivity index (χ1v) is 7.07. The number of nitrogens with one attached hydrogen (secondary N) is 1. The second kappa shape index (κ2) is 6.93. The number of nitrogens with zero attached hydrogens (tertiary/aromatic N) is 2. The summed E-state index contributed by atoms with van der Waals surface area (Å²) in [6, 6.07) is 0. The maximum Gasteiger partial charge on any atom is 0.137 e. The van der Waals surface area contributed by atoms with E-state index in [1.165, 1.54) is 6.42 Å². The molecule has 1 rings (SSSR count). The van der Waals surface area contributed by atoms with Crippen LogP contribution in [0.2, 0.25) is 5.15 Å². The molecule has 0 saturated heterocycles. The van der Waals surface area contributed by atoms with Gasteiger partial charge in [-0.1, -0.05) is 39.3 Å². The highest BCUT2D eigenvalue weighted by Crippen LogP contribution is 2.22. The lowest BCUT2D eigenvalue weighted by atomic mass is 10.1. The molecule has 0 radical (unpaired) electrons. The molecule has 0 fully saturated rings. The van der Waals surface area contributed by atoms with Gasteiger partial charge in [-0.25, -0.2) is 9.97 Å². The van der Waals surface area contributed by atoms with E-state index in [9.17, 15) is 0 Å². The first-order chi connectivity index (χ1) is 8.41. The quantitative estimate of drug-likeness (QED) is 0.614. The van der Waals surface area contributed by atoms with Gasteiger partial charge in [0.2, 0.25) is 0 Å². The van der Waals surface area contributed by atoms with Crippen LogP contribution in [0, 0.1) is 12.8 Å². The summed E-state index contributed by atoms with van der Waals surface area (Å²) in [7, 11) is 0. The fraction of sp³-hybridized carbons (Fsp3) is 0.714. The topological polar surface area (TPSA) is 37.8 Å². The van der Waals surface area contributed by atoms with Gasteiger partial charge in [0.1, 0.15) is 16.8 Å². The van der Waals surface area contributed by atoms with Gasteiger partial charge < -0.3 is 5.32 Å². The van der Waals surface area contributed by atoms with Gasteiger partial charge >= 0.3 is 0 Å².